The minimum Gasteiger partial charge on any atom is -0.326 e. The maximum atomic E-state index is 8.24. The van der Waals surface area contributed by atoms with Gasteiger partial charge in [-0.3, -0.25) is 5.41 Å². The van der Waals surface area contributed by atoms with Crippen LogP contribution in [-0.4, -0.2) is 12.5 Å². The molecule has 3 nitrogen and oxygen atoms in total. The van der Waals surface area contributed by atoms with Crippen LogP contribution in [0.4, 0.5) is 11.4 Å². The van der Waals surface area contributed by atoms with Gasteiger partial charge in [0.15, 0.2) is 5.96 Å². The molecule has 0 radical (unpaired) electrons. The van der Waals surface area contributed by atoms with E-state index in [4.69, 9.17) is 5.41 Å². The van der Waals surface area contributed by atoms with Crippen LogP contribution >= 0.6 is 0 Å². The molecule has 1 aliphatic rings. The van der Waals surface area contributed by atoms with E-state index in [1.165, 1.54) is 11.1 Å². The Morgan fingerprint density at radius 2 is 2.00 bits per heavy atom. The van der Waals surface area contributed by atoms with Crippen molar-refractivity contribution in [3.05, 3.63) is 59.7 Å². The third-order valence-electron chi connectivity index (χ3n) is 3.44. The average molecular weight is 251 g/mol. The molecule has 0 atom stereocenters. The number of hydrogen-bond acceptors (Lipinski definition) is 1. The second kappa shape index (κ2) is 4.76. The number of anilines is 2. The lowest BCUT2D eigenvalue weighted by Crippen LogP contribution is -2.34. The van der Waals surface area contributed by atoms with Gasteiger partial charge in [0.1, 0.15) is 0 Å². The summed E-state index contributed by atoms with van der Waals surface area (Å²) in [5, 5.41) is 11.4. The number of fused-ring (bicyclic) bond motifs is 1. The smallest absolute Gasteiger partial charge is 0.200 e. The lowest BCUT2D eigenvalue weighted by Gasteiger charge is -2.21. The monoisotopic (exact) mass is 251 g/mol. The summed E-state index contributed by atoms with van der Waals surface area (Å²) in [5.74, 6) is 0.440. The minimum absolute atomic E-state index is 0.440. The number of hydrogen-bond donors (Lipinski definition) is 2. The molecule has 0 aromatic heterocycles. The van der Waals surface area contributed by atoms with Gasteiger partial charge in [-0.25, -0.2) is 0 Å². The number of rotatable bonds is 1. The van der Waals surface area contributed by atoms with Crippen LogP contribution in [0.25, 0.3) is 0 Å². The lowest BCUT2D eigenvalue weighted by atomic mass is 10.2. The van der Waals surface area contributed by atoms with Crippen LogP contribution in [0, 0.1) is 12.3 Å². The first-order chi connectivity index (χ1) is 9.24. The number of benzene rings is 2. The first kappa shape index (κ1) is 11.8. The highest BCUT2D eigenvalue weighted by Gasteiger charge is 2.21. The molecule has 0 spiro atoms. The fourth-order valence-corrected chi connectivity index (χ4v) is 2.50. The summed E-state index contributed by atoms with van der Waals surface area (Å²) in [6, 6.07) is 16.4. The standard InChI is InChI=1S/C16H17N3/c1-12-5-4-7-14(11-12)18-16(17)19-10-9-13-6-2-3-8-15(13)19/h2-8,11H,9-10H2,1H3,(H2,17,18). The molecule has 19 heavy (non-hydrogen) atoms. The van der Waals surface area contributed by atoms with Gasteiger partial charge in [0.05, 0.1) is 0 Å². The molecular formula is C16H17N3. The first-order valence-electron chi connectivity index (χ1n) is 6.52. The molecule has 2 aromatic rings. The van der Waals surface area contributed by atoms with E-state index in [9.17, 15) is 0 Å². The van der Waals surface area contributed by atoms with Crippen molar-refractivity contribution in [1.29, 1.82) is 5.41 Å². The minimum atomic E-state index is 0.440. The SMILES string of the molecule is Cc1cccc(NC(=N)N2CCc3ccccc32)c1. The van der Waals surface area contributed by atoms with Gasteiger partial charge in [-0.05, 0) is 42.7 Å². The third-order valence-corrected chi connectivity index (χ3v) is 3.44. The zero-order valence-electron chi connectivity index (χ0n) is 11.0. The number of nitrogens with one attached hydrogen (secondary N) is 2. The highest BCUT2D eigenvalue weighted by atomic mass is 15.3. The molecule has 0 amide bonds. The maximum Gasteiger partial charge on any atom is 0.200 e. The number of guanidine groups is 1. The van der Waals surface area contributed by atoms with Crippen LogP contribution in [-0.2, 0) is 6.42 Å². The highest BCUT2D eigenvalue weighted by Crippen LogP contribution is 2.27. The van der Waals surface area contributed by atoms with Crippen molar-refractivity contribution in [3.63, 3.8) is 0 Å². The van der Waals surface area contributed by atoms with E-state index < -0.39 is 0 Å². The van der Waals surface area contributed by atoms with Gasteiger partial charge in [-0.15, -0.1) is 0 Å². The first-order valence-corrected chi connectivity index (χ1v) is 6.52. The normalized spacial score (nSPS) is 13.2. The quantitative estimate of drug-likeness (QED) is 0.602. The van der Waals surface area contributed by atoms with E-state index in [1.807, 2.05) is 23.1 Å². The van der Waals surface area contributed by atoms with E-state index in [0.29, 0.717) is 5.96 Å². The number of nitrogens with zero attached hydrogens (tertiary/aromatic N) is 1. The van der Waals surface area contributed by atoms with Crippen molar-refractivity contribution in [2.24, 2.45) is 0 Å². The molecule has 3 rings (SSSR count). The van der Waals surface area contributed by atoms with Crippen molar-refractivity contribution in [3.8, 4) is 0 Å². The van der Waals surface area contributed by atoms with Gasteiger partial charge < -0.3 is 10.2 Å². The Bertz CT molecular complexity index is 619. The van der Waals surface area contributed by atoms with Gasteiger partial charge in [0.2, 0.25) is 0 Å². The van der Waals surface area contributed by atoms with Crippen molar-refractivity contribution >= 4 is 17.3 Å². The summed E-state index contributed by atoms with van der Waals surface area (Å²) in [4.78, 5) is 2.03. The highest BCUT2D eigenvalue weighted by molar-refractivity contribution is 6.04. The Balaban J connectivity index is 1.79. The van der Waals surface area contributed by atoms with Crippen LogP contribution in [0.3, 0.4) is 0 Å². The fourth-order valence-electron chi connectivity index (χ4n) is 2.50. The zero-order valence-corrected chi connectivity index (χ0v) is 11.0. The Morgan fingerprint density at radius 3 is 2.84 bits per heavy atom. The molecule has 0 saturated carbocycles. The Morgan fingerprint density at radius 1 is 1.16 bits per heavy atom. The van der Waals surface area contributed by atoms with Crippen LogP contribution in [0.2, 0.25) is 0 Å². The fraction of sp³-hybridized carbons (Fsp3) is 0.188. The molecule has 96 valence electrons. The van der Waals surface area contributed by atoms with Gasteiger partial charge in [0, 0.05) is 17.9 Å². The van der Waals surface area contributed by atoms with Crippen LogP contribution < -0.4 is 10.2 Å². The van der Waals surface area contributed by atoms with E-state index in [2.05, 4.69) is 42.6 Å². The Hall–Kier alpha value is -2.29. The van der Waals surface area contributed by atoms with E-state index in [1.54, 1.807) is 0 Å². The second-order valence-electron chi connectivity index (χ2n) is 4.87. The molecule has 3 heteroatoms. The predicted octanol–water partition coefficient (Wildman–Crippen LogP) is 3.40. The topological polar surface area (TPSA) is 39.1 Å². The van der Waals surface area contributed by atoms with Crippen molar-refractivity contribution < 1.29 is 0 Å². The van der Waals surface area contributed by atoms with Gasteiger partial charge >= 0.3 is 0 Å². The van der Waals surface area contributed by atoms with E-state index >= 15 is 0 Å². The van der Waals surface area contributed by atoms with Crippen LogP contribution in [0.1, 0.15) is 11.1 Å². The summed E-state index contributed by atoms with van der Waals surface area (Å²) in [5.41, 5.74) is 4.62. The summed E-state index contributed by atoms with van der Waals surface area (Å²) in [7, 11) is 0. The lowest BCUT2D eigenvalue weighted by molar-refractivity contribution is 1.01. The molecule has 2 aromatic carbocycles. The largest absolute Gasteiger partial charge is 0.326 e. The molecular weight excluding hydrogens is 234 g/mol. The van der Waals surface area contributed by atoms with Gasteiger partial charge in [0.25, 0.3) is 0 Å². The van der Waals surface area contributed by atoms with Gasteiger partial charge in [-0.1, -0.05) is 30.3 Å². The van der Waals surface area contributed by atoms with Crippen molar-refractivity contribution in [1.82, 2.24) is 0 Å². The van der Waals surface area contributed by atoms with E-state index in [0.717, 1.165) is 24.3 Å². The molecule has 0 fully saturated rings. The molecule has 1 heterocycles. The molecule has 0 aliphatic carbocycles. The molecule has 0 saturated heterocycles. The summed E-state index contributed by atoms with van der Waals surface area (Å²) in [6.07, 6.45) is 1.01. The second-order valence-corrected chi connectivity index (χ2v) is 4.87. The summed E-state index contributed by atoms with van der Waals surface area (Å²) in [6.45, 7) is 2.93. The average Bonchev–Trinajstić information content (AvgIpc) is 2.82. The Labute approximate surface area is 113 Å². The Kier molecular flexibility index (Phi) is 2.95. The number of aryl methyl sites for hydroxylation is 1. The molecule has 0 unspecified atom stereocenters. The number of para-hydroxylation sites is 1. The summed E-state index contributed by atoms with van der Waals surface area (Å²) < 4.78 is 0. The van der Waals surface area contributed by atoms with Crippen molar-refractivity contribution in [2.45, 2.75) is 13.3 Å². The maximum absolute atomic E-state index is 8.24. The predicted molar refractivity (Wildman–Crippen MR) is 80.0 cm³/mol. The van der Waals surface area contributed by atoms with Crippen molar-refractivity contribution in [2.75, 3.05) is 16.8 Å². The van der Waals surface area contributed by atoms with E-state index in [-0.39, 0.29) is 0 Å². The molecule has 2 N–H and O–H groups in total. The summed E-state index contributed by atoms with van der Waals surface area (Å²) >= 11 is 0. The molecule has 0 bridgehead atoms. The third kappa shape index (κ3) is 2.32. The van der Waals surface area contributed by atoms with Crippen LogP contribution in [0.15, 0.2) is 48.5 Å². The zero-order chi connectivity index (χ0) is 13.2. The van der Waals surface area contributed by atoms with Gasteiger partial charge in [-0.2, -0.15) is 0 Å². The van der Waals surface area contributed by atoms with Crippen LogP contribution in [0.5, 0.6) is 0 Å². The molecule has 1 aliphatic heterocycles.